The fourth-order valence-corrected chi connectivity index (χ4v) is 4.38. The molecule has 156 valence electrons. The molecule has 30 heavy (non-hydrogen) atoms. The molecular formula is C20H20BrN5O3S. The van der Waals surface area contributed by atoms with Crippen LogP contribution >= 0.6 is 27.3 Å². The van der Waals surface area contributed by atoms with Crippen LogP contribution in [0.25, 0.3) is 16.0 Å². The summed E-state index contributed by atoms with van der Waals surface area (Å²) in [6.45, 7) is 4.18. The number of aromatic nitrogens is 4. The second-order valence-corrected chi connectivity index (χ2v) is 8.80. The molecule has 4 aromatic rings. The smallest absolute Gasteiger partial charge is 0.324 e. The lowest BCUT2D eigenvalue weighted by Crippen LogP contribution is -2.29. The molecule has 0 saturated heterocycles. The Kier molecular flexibility index (Phi) is 5.61. The predicted octanol–water partition coefficient (Wildman–Crippen LogP) is 3.38. The number of halogens is 1. The highest BCUT2D eigenvalue weighted by Crippen LogP contribution is 2.20. The molecule has 3 heterocycles. The average Bonchev–Trinajstić information content (AvgIpc) is 3.30. The Labute approximate surface area is 183 Å². The number of hydrogen-bond acceptors (Lipinski definition) is 5. The molecule has 3 aromatic heterocycles. The zero-order valence-electron chi connectivity index (χ0n) is 16.5. The summed E-state index contributed by atoms with van der Waals surface area (Å²) < 4.78 is 5.50. The van der Waals surface area contributed by atoms with E-state index in [1.54, 1.807) is 17.5 Å². The maximum absolute atomic E-state index is 13.0. The van der Waals surface area contributed by atoms with Crippen LogP contribution in [-0.4, -0.2) is 24.7 Å². The van der Waals surface area contributed by atoms with Gasteiger partial charge in [0.25, 0.3) is 5.56 Å². The number of thiophene rings is 1. The van der Waals surface area contributed by atoms with E-state index in [9.17, 15) is 14.4 Å². The number of carbonyl (C=O) groups is 1. The van der Waals surface area contributed by atoms with E-state index in [2.05, 4.69) is 26.3 Å². The Hall–Kier alpha value is -2.72. The van der Waals surface area contributed by atoms with Gasteiger partial charge in [0, 0.05) is 16.7 Å². The molecule has 10 heteroatoms. The highest BCUT2D eigenvalue weighted by Gasteiger charge is 2.19. The molecule has 0 bridgehead atoms. The van der Waals surface area contributed by atoms with Gasteiger partial charge in [0.05, 0.1) is 5.52 Å². The third-order valence-electron chi connectivity index (χ3n) is 4.86. The van der Waals surface area contributed by atoms with Crippen molar-refractivity contribution >= 4 is 54.9 Å². The van der Waals surface area contributed by atoms with Gasteiger partial charge in [0.1, 0.15) is 11.2 Å². The van der Waals surface area contributed by atoms with Gasteiger partial charge in [-0.25, -0.2) is 13.9 Å². The summed E-state index contributed by atoms with van der Waals surface area (Å²) in [5, 5.41) is 8.90. The Morgan fingerprint density at radius 3 is 2.80 bits per heavy atom. The van der Waals surface area contributed by atoms with Crippen LogP contribution in [0.3, 0.4) is 0 Å². The van der Waals surface area contributed by atoms with Crippen molar-refractivity contribution in [1.82, 2.24) is 18.7 Å². The summed E-state index contributed by atoms with van der Waals surface area (Å²) in [5.74, 6) is -0.108. The summed E-state index contributed by atoms with van der Waals surface area (Å²) >= 11 is 4.73. The largest absolute Gasteiger partial charge is 0.352 e. The van der Waals surface area contributed by atoms with Gasteiger partial charge in [-0.2, -0.15) is 0 Å². The number of nitrogens with zero attached hydrogens (tertiary/aromatic N) is 4. The summed E-state index contributed by atoms with van der Waals surface area (Å²) in [5.41, 5.74) is 1.54. The van der Waals surface area contributed by atoms with Gasteiger partial charge >= 0.3 is 5.69 Å². The molecule has 4 rings (SSSR count). The number of unbranched alkanes of at least 4 members (excludes halogenated alkanes) is 1. The molecule has 0 fully saturated rings. The topological polar surface area (TPSA) is 90.4 Å². The van der Waals surface area contributed by atoms with Crippen LogP contribution in [0, 0.1) is 6.92 Å². The van der Waals surface area contributed by atoms with Crippen LogP contribution in [0.15, 0.2) is 43.7 Å². The van der Waals surface area contributed by atoms with Crippen LogP contribution in [0.2, 0.25) is 0 Å². The molecule has 8 nitrogen and oxygen atoms in total. The quantitative estimate of drug-likeness (QED) is 0.449. The number of hydrogen-bond donors (Lipinski definition) is 1. The standard InChI is InChI=1S/C20H20BrN5O3S/c1-3-4-8-24-18(28)17-15(7-9-30-17)26-19(24)23-25(20(26)29)11-16(27)22-13-5-6-14(21)12(2)10-13/h5-7,9-10H,3-4,8,11H2,1-2H3,(H,22,27). The Morgan fingerprint density at radius 2 is 2.07 bits per heavy atom. The van der Waals surface area contributed by atoms with E-state index in [1.165, 1.54) is 20.3 Å². The molecule has 0 radical (unpaired) electrons. The first kappa shape index (κ1) is 20.5. The normalized spacial score (nSPS) is 11.4. The van der Waals surface area contributed by atoms with E-state index in [1.807, 2.05) is 26.0 Å². The van der Waals surface area contributed by atoms with E-state index in [4.69, 9.17) is 0 Å². The molecule has 0 saturated carbocycles. The first-order valence-electron chi connectivity index (χ1n) is 9.56. The van der Waals surface area contributed by atoms with Crippen molar-refractivity contribution in [2.24, 2.45) is 0 Å². The molecule has 0 aliphatic heterocycles. The molecule has 0 aliphatic rings. The third kappa shape index (κ3) is 3.61. The van der Waals surface area contributed by atoms with Crippen LogP contribution in [0.1, 0.15) is 25.3 Å². The zero-order valence-corrected chi connectivity index (χ0v) is 18.9. The van der Waals surface area contributed by atoms with E-state index in [0.29, 0.717) is 22.4 Å². The highest BCUT2D eigenvalue weighted by molar-refractivity contribution is 9.10. The molecular weight excluding hydrogens is 470 g/mol. The third-order valence-corrected chi connectivity index (χ3v) is 6.64. The summed E-state index contributed by atoms with van der Waals surface area (Å²) in [6, 6.07) is 7.20. The second-order valence-electron chi connectivity index (χ2n) is 7.03. The van der Waals surface area contributed by atoms with Crippen molar-refractivity contribution < 1.29 is 4.79 Å². The zero-order chi connectivity index (χ0) is 21.4. The monoisotopic (exact) mass is 489 g/mol. The van der Waals surface area contributed by atoms with Crippen LogP contribution in [0.4, 0.5) is 5.69 Å². The van der Waals surface area contributed by atoms with Crippen molar-refractivity contribution in [1.29, 1.82) is 0 Å². The summed E-state index contributed by atoms with van der Waals surface area (Å²) in [6.07, 6.45) is 1.69. The number of nitrogens with one attached hydrogen (secondary N) is 1. The second kappa shape index (κ2) is 8.19. The number of rotatable bonds is 6. The SMILES string of the molecule is CCCCn1c(=O)c2sccc2n2c(=O)n(CC(=O)Nc3ccc(Br)c(C)c3)nc12. The first-order valence-corrected chi connectivity index (χ1v) is 11.2. The lowest BCUT2D eigenvalue weighted by Gasteiger charge is -2.07. The van der Waals surface area contributed by atoms with Crippen LogP contribution in [-0.2, 0) is 17.9 Å². The first-order chi connectivity index (χ1) is 14.4. The van der Waals surface area contributed by atoms with Crippen molar-refractivity contribution in [3.63, 3.8) is 0 Å². The lowest BCUT2D eigenvalue weighted by molar-refractivity contribution is -0.117. The number of amides is 1. The highest BCUT2D eigenvalue weighted by atomic mass is 79.9. The minimum absolute atomic E-state index is 0.159. The number of benzene rings is 1. The number of carbonyl (C=O) groups excluding carboxylic acids is 1. The lowest BCUT2D eigenvalue weighted by atomic mass is 10.2. The fraction of sp³-hybridized carbons (Fsp3) is 0.300. The molecule has 1 aromatic carbocycles. The minimum Gasteiger partial charge on any atom is -0.324 e. The number of anilines is 1. The van der Waals surface area contributed by atoms with Crippen molar-refractivity contribution in [2.75, 3.05) is 5.32 Å². The van der Waals surface area contributed by atoms with Crippen molar-refractivity contribution in [3.8, 4) is 0 Å². The van der Waals surface area contributed by atoms with Gasteiger partial charge in [-0.15, -0.1) is 16.4 Å². The van der Waals surface area contributed by atoms with Gasteiger partial charge in [-0.1, -0.05) is 29.3 Å². The Bertz CT molecular complexity index is 1380. The van der Waals surface area contributed by atoms with Crippen molar-refractivity contribution in [3.05, 3.63) is 60.5 Å². The number of aryl methyl sites for hydroxylation is 2. The van der Waals surface area contributed by atoms with Gasteiger partial charge in [-0.3, -0.25) is 14.2 Å². The van der Waals surface area contributed by atoms with Crippen molar-refractivity contribution in [2.45, 2.75) is 39.8 Å². The van der Waals surface area contributed by atoms with Crippen LogP contribution in [0.5, 0.6) is 0 Å². The molecule has 0 unspecified atom stereocenters. The number of fused-ring (bicyclic) bond motifs is 3. The van der Waals surface area contributed by atoms with Gasteiger partial charge in [-0.05, 0) is 48.6 Å². The minimum atomic E-state index is -0.444. The molecule has 1 N–H and O–H groups in total. The maximum Gasteiger partial charge on any atom is 0.352 e. The molecule has 0 atom stereocenters. The Morgan fingerprint density at radius 1 is 1.27 bits per heavy atom. The molecule has 0 aliphatic carbocycles. The Balaban J connectivity index is 1.73. The summed E-state index contributed by atoms with van der Waals surface area (Å²) in [4.78, 5) is 38.5. The summed E-state index contributed by atoms with van der Waals surface area (Å²) in [7, 11) is 0. The van der Waals surface area contributed by atoms with E-state index in [0.717, 1.165) is 27.6 Å². The van der Waals surface area contributed by atoms with Gasteiger partial charge in [0.15, 0.2) is 0 Å². The average molecular weight is 490 g/mol. The van der Waals surface area contributed by atoms with Gasteiger partial charge in [0.2, 0.25) is 11.7 Å². The van der Waals surface area contributed by atoms with Gasteiger partial charge < -0.3 is 5.32 Å². The maximum atomic E-state index is 13.0. The molecule has 0 spiro atoms. The van der Waals surface area contributed by atoms with E-state index >= 15 is 0 Å². The predicted molar refractivity (Wildman–Crippen MR) is 122 cm³/mol. The van der Waals surface area contributed by atoms with Crippen LogP contribution < -0.4 is 16.6 Å². The fourth-order valence-electron chi connectivity index (χ4n) is 3.31. The van der Waals surface area contributed by atoms with E-state index < -0.39 is 5.69 Å². The molecule has 1 amide bonds. The van der Waals surface area contributed by atoms with E-state index in [-0.39, 0.29) is 23.8 Å².